The summed E-state index contributed by atoms with van der Waals surface area (Å²) >= 11 is 0. The molecule has 4 rings (SSSR count). The average Bonchev–Trinajstić information content (AvgIpc) is 3.22. The smallest absolute Gasteiger partial charge is 0.412 e. The number of methoxy groups -OCH3 is 1. The quantitative estimate of drug-likeness (QED) is 0.503. The number of carbonyl (C=O) groups excluding carboxylic acids is 2. The maximum atomic E-state index is 12.7. The third-order valence-electron chi connectivity index (χ3n) is 4.35. The van der Waals surface area contributed by atoms with Crippen LogP contribution >= 0.6 is 0 Å². The van der Waals surface area contributed by atoms with E-state index in [0.29, 0.717) is 11.5 Å². The predicted octanol–water partition coefficient (Wildman–Crippen LogP) is 3.59. The minimum atomic E-state index is -1.48. The van der Waals surface area contributed by atoms with E-state index in [9.17, 15) is 14.4 Å². The molecule has 4 N–H and O–H groups in total. The maximum Gasteiger partial charge on any atom is 0.412 e. The van der Waals surface area contributed by atoms with Gasteiger partial charge in [-0.2, -0.15) is 0 Å². The number of fused-ring (bicyclic) bond motifs is 2. The zero-order valence-corrected chi connectivity index (χ0v) is 15.1. The van der Waals surface area contributed by atoms with Gasteiger partial charge in [0.15, 0.2) is 5.76 Å². The Hall–Kier alpha value is -4.27. The van der Waals surface area contributed by atoms with E-state index >= 15 is 0 Å². The summed E-state index contributed by atoms with van der Waals surface area (Å²) in [4.78, 5) is 37.9. The largest absolute Gasteiger partial charge is 0.497 e. The Balaban J connectivity index is 1.61. The van der Waals surface area contributed by atoms with Crippen molar-refractivity contribution in [2.24, 2.45) is 0 Å². The first-order valence-corrected chi connectivity index (χ1v) is 8.49. The summed E-state index contributed by atoms with van der Waals surface area (Å²) in [6, 6.07) is 9.11. The van der Waals surface area contributed by atoms with Crippen LogP contribution in [0, 0.1) is 0 Å². The summed E-state index contributed by atoms with van der Waals surface area (Å²) in [6.45, 7) is 0. The van der Waals surface area contributed by atoms with E-state index in [4.69, 9.17) is 14.6 Å². The van der Waals surface area contributed by atoms with Gasteiger partial charge in [-0.25, -0.2) is 14.9 Å². The molecule has 9 nitrogen and oxygen atoms in total. The molecule has 146 valence electrons. The number of aromatic nitrogens is 1. The van der Waals surface area contributed by atoms with Crippen molar-refractivity contribution in [2.45, 2.75) is 0 Å². The second-order valence-corrected chi connectivity index (χ2v) is 6.19. The standard InChI is InChI=1S/C20H15N3O6/c1-28-12-3-4-15-13(8-12)10(9-21-15)6-17-18(24)14-7-11(2-5-16(14)29-17)22-19(25)23-20(26)27/h2-9,21H,1H3,(H,26,27)(H2,22,23,25)/b17-6-. The van der Waals surface area contributed by atoms with Crippen molar-refractivity contribution in [3.8, 4) is 11.5 Å². The predicted molar refractivity (Wildman–Crippen MR) is 104 cm³/mol. The van der Waals surface area contributed by atoms with Gasteiger partial charge in [0.2, 0.25) is 5.78 Å². The monoisotopic (exact) mass is 393 g/mol. The van der Waals surface area contributed by atoms with E-state index in [1.807, 2.05) is 18.2 Å². The van der Waals surface area contributed by atoms with Gasteiger partial charge < -0.3 is 24.9 Å². The number of benzene rings is 2. The number of amides is 3. The van der Waals surface area contributed by atoms with Crippen molar-refractivity contribution in [3.63, 3.8) is 0 Å². The summed E-state index contributed by atoms with van der Waals surface area (Å²) in [5, 5.41) is 13.4. The Labute approximate surface area is 163 Å². The Morgan fingerprint density at radius 2 is 2.03 bits per heavy atom. The molecule has 0 aliphatic carbocycles. The lowest BCUT2D eigenvalue weighted by Crippen LogP contribution is -2.32. The van der Waals surface area contributed by atoms with Crippen LogP contribution in [0.3, 0.4) is 0 Å². The third-order valence-corrected chi connectivity index (χ3v) is 4.35. The van der Waals surface area contributed by atoms with Crippen molar-refractivity contribution in [2.75, 3.05) is 12.4 Å². The van der Waals surface area contributed by atoms with Crippen LogP contribution in [-0.4, -0.2) is 35.1 Å². The number of Topliss-reactive ketones (excluding diaryl/α,β-unsaturated/α-hetero) is 1. The molecule has 0 spiro atoms. The number of allylic oxidation sites excluding steroid dienone is 1. The summed E-state index contributed by atoms with van der Waals surface area (Å²) in [5.74, 6) is 0.826. The highest BCUT2D eigenvalue weighted by Crippen LogP contribution is 2.35. The maximum absolute atomic E-state index is 12.7. The molecule has 1 aromatic heterocycles. The van der Waals surface area contributed by atoms with Gasteiger partial charge in [-0.3, -0.25) is 4.79 Å². The van der Waals surface area contributed by atoms with Crippen molar-refractivity contribution >= 4 is 40.6 Å². The SMILES string of the molecule is COc1ccc2[nH]cc(/C=C3\Oc4ccc(NC(=O)NC(=O)O)cc4C3=O)c2c1. The Bertz CT molecular complexity index is 1190. The van der Waals surface area contributed by atoms with E-state index in [-0.39, 0.29) is 22.8 Å². The molecule has 1 aliphatic rings. The van der Waals surface area contributed by atoms with Crippen LogP contribution in [-0.2, 0) is 0 Å². The summed E-state index contributed by atoms with van der Waals surface area (Å²) < 4.78 is 10.9. The fraction of sp³-hybridized carbons (Fsp3) is 0.0500. The van der Waals surface area contributed by atoms with Gasteiger partial charge in [-0.05, 0) is 42.5 Å². The molecule has 0 saturated heterocycles. The van der Waals surface area contributed by atoms with Gasteiger partial charge >= 0.3 is 12.1 Å². The van der Waals surface area contributed by atoms with Crippen LogP contribution in [0.4, 0.5) is 15.3 Å². The lowest BCUT2D eigenvalue weighted by atomic mass is 10.1. The molecule has 0 fully saturated rings. The third kappa shape index (κ3) is 3.48. The number of carbonyl (C=O) groups is 3. The number of rotatable bonds is 3. The molecule has 29 heavy (non-hydrogen) atoms. The Morgan fingerprint density at radius 1 is 1.21 bits per heavy atom. The van der Waals surface area contributed by atoms with Crippen LogP contribution in [0.25, 0.3) is 17.0 Å². The fourth-order valence-electron chi connectivity index (χ4n) is 3.04. The number of carboxylic acid groups (broad SMARTS) is 1. The normalized spacial score (nSPS) is 13.8. The minimum Gasteiger partial charge on any atom is -0.497 e. The van der Waals surface area contributed by atoms with Gasteiger partial charge in [0.1, 0.15) is 11.5 Å². The Kier molecular flexibility index (Phi) is 4.40. The molecule has 3 aromatic rings. The molecule has 9 heteroatoms. The zero-order chi connectivity index (χ0) is 20.5. The fourth-order valence-corrected chi connectivity index (χ4v) is 3.04. The molecule has 2 heterocycles. The second-order valence-electron chi connectivity index (χ2n) is 6.19. The van der Waals surface area contributed by atoms with Gasteiger partial charge in [-0.15, -0.1) is 0 Å². The highest BCUT2D eigenvalue weighted by molar-refractivity contribution is 6.16. The number of nitrogens with one attached hydrogen (secondary N) is 3. The molecule has 2 aromatic carbocycles. The molecule has 1 aliphatic heterocycles. The number of hydrogen-bond acceptors (Lipinski definition) is 5. The van der Waals surface area contributed by atoms with Crippen LogP contribution < -0.4 is 20.1 Å². The average molecular weight is 393 g/mol. The van der Waals surface area contributed by atoms with E-state index in [2.05, 4.69) is 10.3 Å². The Morgan fingerprint density at radius 3 is 2.79 bits per heavy atom. The lowest BCUT2D eigenvalue weighted by molar-refractivity contribution is 0.101. The highest BCUT2D eigenvalue weighted by Gasteiger charge is 2.28. The molecular weight excluding hydrogens is 378 g/mol. The van der Waals surface area contributed by atoms with Crippen LogP contribution in [0.5, 0.6) is 11.5 Å². The molecule has 3 amide bonds. The van der Waals surface area contributed by atoms with Gasteiger partial charge in [-0.1, -0.05) is 0 Å². The topological polar surface area (TPSA) is 130 Å². The van der Waals surface area contributed by atoms with E-state index in [1.54, 1.807) is 24.7 Å². The van der Waals surface area contributed by atoms with E-state index in [1.165, 1.54) is 18.2 Å². The number of ketones is 1. The highest BCUT2D eigenvalue weighted by atomic mass is 16.5. The molecule has 0 bridgehead atoms. The van der Waals surface area contributed by atoms with Crippen molar-refractivity contribution in [1.29, 1.82) is 0 Å². The first-order valence-electron chi connectivity index (χ1n) is 8.49. The van der Waals surface area contributed by atoms with Crippen molar-refractivity contribution in [3.05, 3.63) is 59.5 Å². The van der Waals surface area contributed by atoms with Gasteiger partial charge in [0.05, 0.1) is 12.7 Å². The van der Waals surface area contributed by atoms with Gasteiger partial charge in [0.25, 0.3) is 0 Å². The number of imide groups is 1. The van der Waals surface area contributed by atoms with Gasteiger partial charge in [0, 0.05) is 28.4 Å². The number of anilines is 1. The minimum absolute atomic E-state index is 0.135. The number of aromatic amines is 1. The second kappa shape index (κ2) is 7.04. The molecular formula is C20H15N3O6. The van der Waals surface area contributed by atoms with Crippen molar-refractivity contribution < 1.29 is 29.0 Å². The number of ether oxygens (including phenoxy) is 2. The first-order chi connectivity index (χ1) is 13.9. The van der Waals surface area contributed by atoms with Crippen molar-refractivity contribution in [1.82, 2.24) is 10.3 Å². The van der Waals surface area contributed by atoms with Crippen LogP contribution in [0.2, 0.25) is 0 Å². The molecule has 0 unspecified atom stereocenters. The van der Waals surface area contributed by atoms with Crippen LogP contribution in [0.15, 0.2) is 48.4 Å². The van der Waals surface area contributed by atoms with E-state index in [0.717, 1.165) is 16.5 Å². The number of hydrogen-bond donors (Lipinski definition) is 4. The summed E-state index contributed by atoms with van der Waals surface area (Å²) in [7, 11) is 1.58. The molecule has 0 saturated carbocycles. The zero-order valence-electron chi connectivity index (χ0n) is 15.1. The number of H-pyrrole nitrogens is 1. The lowest BCUT2D eigenvalue weighted by Gasteiger charge is -2.05. The molecule has 0 radical (unpaired) electrons. The van der Waals surface area contributed by atoms with E-state index < -0.39 is 12.1 Å². The summed E-state index contributed by atoms with van der Waals surface area (Å²) in [6.07, 6.45) is 1.91. The first kappa shape index (κ1) is 18.1. The molecule has 0 atom stereocenters. The summed E-state index contributed by atoms with van der Waals surface area (Å²) in [5.41, 5.74) is 2.17. The number of urea groups is 1. The van der Waals surface area contributed by atoms with Crippen LogP contribution in [0.1, 0.15) is 15.9 Å².